The highest BCUT2D eigenvalue weighted by molar-refractivity contribution is 5.96. The summed E-state index contributed by atoms with van der Waals surface area (Å²) < 4.78 is 9.82. The molecule has 1 N–H and O–H groups in total. The number of aromatic hydroxyl groups is 1. The summed E-state index contributed by atoms with van der Waals surface area (Å²) in [4.78, 5) is 33.8. The molecule has 0 fully saturated rings. The molecule has 8 heteroatoms. The molecule has 24 heavy (non-hydrogen) atoms. The lowest BCUT2D eigenvalue weighted by molar-refractivity contribution is -0.383. The minimum Gasteiger partial charge on any atom is -0.502 e. The Bertz CT molecular complexity index is 1010. The number of carbonyl (C=O) groups is 1. The van der Waals surface area contributed by atoms with E-state index >= 15 is 0 Å². The zero-order valence-corrected chi connectivity index (χ0v) is 12.0. The third kappa shape index (κ3) is 2.68. The molecule has 0 atom stereocenters. The smallest absolute Gasteiger partial charge is 0.343 e. The molecule has 1 aromatic heterocycles. The van der Waals surface area contributed by atoms with Crippen molar-refractivity contribution in [1.29, 1.82) is 0 Å². The van der Waals surface area contributed by atoms with Gasteiger partial charge in [0.25, 0.3) is 5.69 Å². The van der Waals surface area contributed by atoms with Crippen LogP contribution in [0.3, 0.4) is 0 Å². The summed E-state index contributed by atoms with van der Waals surface area (Å²) in [6, 6.07) is 10.9. The largest absolute Gasteiger partial charge is 0.502 e. The fourth-order valence-corrected chi connectivity index (χ4v) is 2.14. The molecule has 120 valence electrons. The first kappa shape index (κ1) is 15.2. The van der Waals surface area contributed by atoms with Crippen LogP contribution in [0.2, 0.25) is 0 Å². The van der Waals surface area contributed by atoms with E-state index in [4.69, 9.17) is 9.15 Å². The highest BCUT2D eigenvalue weighted by atomic mass is 16.6. The van der Waals surface area contributed by atoms with Gasteiger partial charge in [-0.2, -0.15) is 0 Å². The molecule has 3 aromatic rings. The van der Waals surface area contributed by atoms with Crippen molar-refractivity contribution in [3.05, 3.63) is 74.6 Å². The van der Waals surface area contributed by atoms with E-state index in [1.807, 2.05) is 0 Å². The maximum absolute atomic E-state index is 12.1. The fourth-order valence-electron chi connectivity index (χ4n) is 2.14. The van der Waals surface area contributed by atoms with E-state index in [9.17, 15) is 24.8 Å². The summed E-state index contributed by atoms with van der Waals surface area (Å²) >= 11 is 0. The van der Waals surface area contributed by atoms with Gasteiger partial charge in [0.1, 0.15) is 0 Å². The van der Waals surface area contributed by atoms with Gasteiger partial charge in [0.15, 0.2) is 11.3 Å². The van der Waals surface area contributed by atoms with Crippen LogP contribution >= 0.6 is 0 Å². The molecule has 0 saturated carbocycles. The molecule has 1 heterocycles. The van der Waals surface area contributed by atoms with Crippen LogP contribution in [0, 0.1) is 10.1 Å². The Morgan fingerprint density at radius 3 is 2.54 bits per heavy atom. The molecule has 0 radical (unpaired) electrons. The monoisotopic (exact) mass is 327 g/mol. The number of hydrogen-bond acceptors (Lipinski definition) is 7. The Balaban J connectivity index is 2.14. The maximum atomic E-state index is 12.1. The summed E-state index contributed by atoms with van der Waals surface area (Å²) in [7, 11) is 0. The minimum absolute atomic E-state index is 0.0865. The van der Waals surface area contributed by atoms with Crippen LogP contribution in [0.15, 0.2) is 57.7 Å². The number of rotatable bonds is 3. The van der Waals surface area contributed by atoms with E-state index in [1.54, 1.807) is 18.2 Å². The number of benzene rings is 2. The number of fused-ring (bicyclic) bond motifs is 1. The summed E-state index contributed by atoms with van der Waals surface area (Å²) in [6.07, 6.45) is 0. The predicted octanol–water partition coefficient (Wildman–Crippen LogP) is 2.63. The maximum Gasteiger partial charge on any atom is 0.343 e. The van der Waals surface area contributed by atoms with Crippen LogP contribution in [0.1, 0.15) is 10.4 Å². The van der Waals surface area contributed by atoms with Gasteiger partial charge in [0.05, 0.1) is 21.9 Å². The number of nitro groups is 1. The van der Waals surface area contributed by atoms with Crippen molar-refractivity contribution < 1.29 is 24.0 Å². The number of phenols is 1. The molecular formula is C16H9NO7. The molecule has 3 rings (SSSR count). The van der Waals surface area contributed by atoms with Crippen LogP contribution in [0.25, 0.3) is 11.0 Å². The lowest BCUT2D eigenvalue weighted by Gasteiger charge is -2.08. The second kappa shape index (κ2) is 5.84. The van der Waals surface area contributed by atoms with Gasteiger partial charge in [0, 0.05) is 6.07 Å². The first-order valence-corrected chi connectivity index (χ1v) is 6.69. The van der Waals surface area contributed by atoms with E-state index in [0.29, 0.717) is 0 Å². The quantitative estimate of drug-likeness (QED) is 0.258. The van der Waals surface area contributed by atoms with Crippen LogP contribution < -0.4 is 10.4 Å². The summed E-state index contributed by atoms with van der Waals surface area (Å²) in [5.41, 5.74) is -1.51. The number of hydrogen-bond donors (Lipinski definition) is 1. The average Bonchev–Trinajstić information content (AvgIpc) is 2.58. The number of carbonyl (C=O) groups excluding carboxylic acids is 1. The molecule has 0 aliphatic rings. The molecule has 8 nitrogen and oxygen atoms in total. The fraction of sp³-hybridized carbons (Fsp3) is 0. The van der Waals surface area contributed by atoms with Gasteiger partial charge >= 0.3 is 11.6 Å². The zero-order valence-electron chi connectivity index (χ0n) is 12.0. The van der Waals surface area contributed by atoms with E-state index in [2.05, 4.69) is 0 Å². The number of nitro benzene ring substituents is 1. The Labute approximate surface area is 133 Å². The van der Waals surface area contributed by atoms with E-state index in [0.717, 1.165) is 18.2 Å². The number of phenolic OH excluding ortho intramolecular Hbond substituents is 1. The Morgan fingerprint density at radius 2 is 1.88 bits per heavy atom. The lowest BCUT2D eigenvalue weighted by atomic mass is 10.1. The number of nitrogens with zero attached hydrogens (tertiary/aromatic N) is 1. The van der Waals surface area contributed by atoms with Crippen molar-refractivity contribution in [3.8, 4) is 11.5 Å². The Hall–Kier alpha value is -3.68. The minimum atomic E-state index is -0.821. The SMILES string of the molecule is O=C(Oc1cc([N+](=O)[O-])c2ccc(=O)oc2c1O)c1ccccc1. The normalized spacial score (nSPS) is 10.5. The molecule has 0 unspecified atom stereocenters. The highest BCUT2D eigenvalue weighted by Crippen LogP contribution is 2.40. The molecule has 0 aliphatic carbocycles. The summed E-state index contributed by atoms with van der Waals surface area (Å²) in [5.74, 6) is -1.96. The Kier molecular flexibility index (Phi) is 3.70. The average molecular weight is 327 g/mol. The van der Waals surface area contributed by atoms with Crippen molar-refractivity contribution >= 4 is 22.6 Å². The van der Waals surface area contributed by atoms with Gasteiger partial charge in [-0.3, -0.25) is 10.1 Å². The molecule has 2 aromatic carbocycles. The van der Waals surface area contributed by atoms with Crippen molar-refractivity contribution in [2.75, 3.05) is 0 Å². The number of ether oxygens (including phenoxy) is 1. The number of esters is 1. The highest BCUT2D eigenvalue weighted by Gasteiger charge is 2.23. The van der Waals surface area contributed by atoms with Crippen molar-refractivity contribution in [3.63, 3.8) is 0 Å². The van der Waals surface area contributed by atoms with E-state index in [-0.39, 0.29) is 10.9 Å². The van der Waals surface area contributed by atoms with Gasteiger partial charge in [-0.25, -0.2) is 9.59 Å². The lowest BCUT2D eigenvalue weighted by Crippen LogP contribution is -2.09. The van der Waals surface area contributed by atoms with Gasteiger partial charge in [-0.1, -0.05) is 18.2 Å². The third-order valence-electron chi connectivity index (χ3n) is 3.23. The second-order valence-electron chi connectivity index (χ2n) is 4.75. The van der Waals surface area contributed by atoms with Crippen LogP contribution in [0.4, 0.5) is 5.69 Å². The van der Waals surface area contributed by atoms with Crippen LogP contribution in [0.5, 0.6) is 11.5 Å². The van der Waals surface area contributed by atoms with Gasteiger partial charge in [0.2, 0.25) is 5.75 Å². The van der Waals surface area contributed by atoms with Gasteiger partial charge in [-0.05, 0) is 18.2 Å². The van der Waals surface area contributed by atoms with Crippen molar-refractivity contribution in [2.45, 2.75) is 0 Å². The summed E-state index contributed by atoms with van der Waals surface area (Å²) in [5, 5.41) is 21.2. The standard InChI is InChI=1S/C16H9NO7/c18-13-7-6-10-11(17(21)22)8-12(14(19)15(10)24-13)23-16(20)9-4-2-1-3-5-9/h1-8,19H. The molecular weight excluding hydrogens is 318 g/mol. The zero-order chi connectivity index (χ0) is 17.3. The molecule has 0 amide bonds. The Morgan fingerprint density at radius 1 is 1.17 bits per heavy atom. The van der Waals surface area contributed by atoms with E-state index in [1.165, 1.54) is 12.1 Å². The van der Waals surface area contributed by atoms with Gasteiger partial charge in [-0.15, -0.1) is 0 Å². The van der Waals surface area contributed by atoms with Crippen LogP contribution in [-0.4, -0.2) is 16.0 Å². The third-order valence-corrected chi connectivity index (χ3v) is 3.23. The number of non-ortho nitro benzene ring substituents is 1. The topological polar surface area (TPSA) is 120 Å². The first-order valence-electron chi connectivity index (χ1n) is 6.69. The van der Waals surface area contributed by atoms with E-state index < -0.39 is 39.3 Å². The predicted molar refractivity (Wildman–Crippen MR) is 82.2 cm³/mol. The summed E-state index contributed by atoms with van der Waals surface area (Å²) in [6.45, 7) is 0. The second-order valence-corrected chi connectivity index (χ2v) is 4.75. The van der Waals surface area contributed by atoms with Crippen molar-refractivity contribution in [2.24, 2.45) is 0 Å². The first-order chi connectivity index (χ1) is 11.5. The molecule has 0 saturated heterocycles. The molecule has 0 aliphatic heterocycles. The molecule has 0 bridgehead atoms. The van der Waals surface area contributed by atoms with Crippen LogP contribution in [-0.2, 0) is 0 Å². The molecule has 0 spiro atoms. The van der Waals surface area contributed by atoms with Crippen molar-refractivity contribution in [1.82, 2.24) is 0 Å². The van der Waals surface area contributed by atoms with Gasteiger partial charge < -0.3 is 14.3 Å².